The molecular formula is C14H16FN3OS2. The zero-order valence-electron chi connectivity index (χ0n) is 11.6. The fourth-order valence-corrected chi connectivity index (χ4v) is 3.24. The van der Waals surface area contributed by atoms with Crippen LogP contribution in [0.15, 0.2) is 24.3 Å². The summed E-state index contributed by atoms with van der Waals surface area (Å²) >= 11 is 2.70. The van der Waals surface area contributed by atoms with Crippen LogP contribution in [-0.4, -0.2) is 27.8 Å². The molecule has 1 aromatic carbocycles. The van der Waals surface area contributed by atoms with Gasteiger partial charge in [-0.25, -0.2) is 4.39 Å². The van der Waals surface area contributed by atoms with Crippen molar-refractivity contribution in [2.75, 3.05) is 12.3 Å². The molecule has 0 aliphatic rings. The number of hydrogen-bond donors (Lipinski definition) is 1. The van der Waals surface area contributed by atoms with Crippen molar-refractivity contribution >= 4 is 29.2 Å². The number of hydrogen-bond acceptors (Lipinski definition) is 5. The van der Waals surface area contributed by atoms with E-state index >= 15 is 0 Å². The maximum atomic E-state index is 13.4. The molecule has 0 saturated heterocycles. The average molecular weight is 325 g/mol. The molecule has 2 aromatic rings. The lowest BCUT2D eigenvalue weighted by molar-refractivity contribution is 0.0959. The summed E-state index contributed by atoms with van der Waals surface area (Å²) in [6.45, 7) is 2.48. The smallest absolute Gasteiger partial charge is 0.264 e. The molecule has 21 heavy (non-hydrogen) atoms. The van der Waals surface area contributed by atoms with Crippen molar-refractivity contribution in [3.05, 3.63) is 46.2 Å². The number of aromatic nitrogens is 2. The molecule has 2 rings (SSSR count). The number of carbonyl (C=O) groups excluding carboxylic acids is 1. The van der Waals surface area contributed by atoms with E-state index in [-0.39, 0.29) is 11.7 Å². The Morgan fingerprint density at radius 2 is 2.24 bits per heavy atom. The normalized spacial score (nSPS) is 10.6. The first kappa shape index (κ1) is 15.9. The lowest BCUT2D eigenvalue weighted by Crippen LogP contribution is -2.25. The molecule has 0 spiro atoms. The van der Waals surface area contributed by atoms with Gasteiger partial charge in [-0.05, 0) is 29.6 Å². The molecule has 1 amide bonds. The first-order valence-electron chi connectivity index (χ1n) is 6.63. The van der Waals surface area contributed by atoms with Crippen LogP contribution in [0.25, 0.3) is 0 Å². The summed E-state index contributed by atoms with van der Waals surface area (Å²) in [6.07, 6.45) is 0.696. The number of halogens is 1. The van der Waals surface area contributed by atoms with E-state index in [0.29, 0.717) is 29.2 Å². The van der Waals surface area contributed by atoms with Crippen molar-refractivity contribution in [2.45, 2.75) is 19.1 Å². The Hall–Kier alpha value is -1.47. The topological polar surface area (TPSA) is 54.9 Å². The monoisotopic (exact) mass is 325 g/mol. The Labute approximate surface area is 131 Å². The van der Waals surface area contributed by atoms with E-state index in [4.69, 9.17) is 0 Å². The van der Waals surface area contributed by atoms with Crippen LogP contribution in [0.5, 0.6) is 0 Å². The lowest BCUT2D eigenvalue weighted by Gasteiger charge is -2.05. The summed E-state index contributed by atoms with van der Waals surface area (Å²) in [7, 11) is 0. The van der Waals surface area contributed by atoms with Crippen LogP contribution in [0.3, 0.4) is 0 Å². The largest absolute Gasteiger partial charge is 0.350 e. The van der Waals surface area contributed by atoms with Gasteiger partial charge in [0.1, 0.15) is 10.7 Å². The standard InChI is InChI=1S/C14H16FN3OS2/c1-2-12-13(21-18-17-12)14(19)16-7-8-20-9-10-5-3-4-6-11(10)15/h3-6H,2,7-9H2,1H3,(H,16,19). The quantitative estimate of drug-likeness (QED) is 0.795. The summed E-state index contributed by atoms with van der Waals surface area (Å²) < 4.78 is 17.2. The Kier molecular flexibility index (Phi) is 6.13. The highest BCUT2D eigenvalue weighted by Crippen LogP contribution is 2.15. The van der Waals surface area contributed by atoms with Crippen LogP contribution >= 0.6 is 23.3 Å². The number of carbonyl (C=O) groups is 1. The number of rotatable bonds is 7. The second-order valence-electron chi connectivity index (χ2n) is 4.30. The molecule has 1 aromatic heterocycles. The molecule has 1 N–H and O–H groups in total. The number of benzene rings is 1. The van der Waals surface area contributed by atoms with Gasteiger partial charge in [0, 0.05) is 18.1 Å². The second-order valence-corrected chi connectivity index (χ2v) is 6.16. The van der Waals surface area contributed by atoms with Gasteiger partial charge in [-0.3, -0.25) is 4.79 Å². The third-order valence-electron chi connectivity index (χ3n) is 2.84. The van der Waals surface area contributed by atoms with Gasteiger partial charge in [0.05, 0.1) is 5.69 Å². The van der Waals surface area contributed by atoms with Crippen molar-refractivity contribution in [2.24, 2.45) is 0 Å². The van der Waals surface area contributed by atoms with Crippen molar-refractivity contribution < 1.29 is 9.18 Å². The van der Waals surface area contributed by atoms with Crippen molar-refractivity contribution in [1.29, 1.82) is 0 Å². The van der Waals surface area contributed by atoms with Crippen LogP contribution < -0.4 is 5.32 Å². The van der Waals surface area contributed by atoms with Crippen LogP contribution in [-0.2, 0) is 12.2 Å². The van der Waals surface area contributed by atoms with Gasteiger partial charge in [0.2, 0.25) is 0 Å². The molecule has 0 unspecified atom stereocenters. The van der Waals surface area contributed by atoms with Gasteiger partial charge in [-0.15, -0.1) is 5.10 Å². The third kappa shape index (κ3) is 4.50. The van der Waals surface area contributed by atoms with E-state index in [1.54, 1.807) is 23.9 Å². The molecule has 0 aliphatic heterocycles. The number of thioether (sulfide) groups is 1. The molecule has 0 aliphatic carbocycles. The Morgan fingerprint density at radius 1 is 1.43 bits per heavy atom. The van der Waals surface area contributed by atoms with Crippen LogP contribution in [0.2, 0.25) is 0 Å². The van der Waals surface area contributed by atoms with Gasteiger partial charge >= 0.3 is 0 Å². The predicted molar refractivity (Wildman–Crippen MR) is 84.2 cm³/mol. The maximum Gasteiger partial charge on any atom is 0.264 e. The van der Waals surface area contributed by atoms with E-state index in [2.05, 4.69) is 14.9 Å². The molecular weight excluding hydrogens is 309 g/mol. The minimum atomic E-state index is -0.183. The highest BCUT2D eigenvalue weighted by Gasteiger charge is 2.14. The average Bonchev–Trinajstić information content (AvgIpc) is 2.97. The highest BCUT2D eigenvalue weighted by molar-refractivity contribution is 7.98. The maximum absolute atomic E-state index is 13.4. The molecule has 0 bridgehead atoms. The van der Waals surface area contributed by atoms with E-state index in [9.17, 15) is 9.18 Å². The molecule has 4 nitrogen and oxygen atoms in total. The molecule has 112 valence electrons. The Morgan fingerprint density at radius 3 is 3.00 bits per heavy atom. The second kappa shape index (κ2) is 8.09. The van der Waals surface area contributed by atoms with Gasteiger partial charge in [0.15, 0.2) is 0 Å². The number of amides is 1. The van der Waals surface area contributed by atoms with E-state index in [1.165, 1.54) is 6.07 Å². The first-order chi connectivity index (χ1) is 10.2. The molecule has 1 heterocycles. The van der Waals surface area contributed by atoms with Crippen molar-refractivity contribution in [3.8, 4) is 0 Å². The fourth-order valence-electron chi connectivity index (χ4n) is 1.73. The van der Waals surface area contributed by atoms with Crippen molar-refractivity contribution in [3.63, 3.8) is 0 Å². The highest BCUT2D eigenvalue weighted by atomic mass is 32.2. The van der Waals surface area contributed by atoms with Crippen LogP contribution in [0, 0.1) is 5.82 Å². The molecule has 7 heteroatoms. The summed E-state index contributed by atoms with van der Waals surface area (Å²) in [5.74, 6) is 1.02. The van der Waals surface area contributed by atoms with Gasteiger partial charge in [0.25, 0.3) is 5.91 Å². The number of aryl methyl sites for hydroxylation is 1. The number of nitrogens with zero attached hydrogens (tertiary/aromatic N) is 2. The first-order valence-corrected chi connectivity index (χ1v) is 8.55. The predicted octanol–water partition coefficient (Wildman–Crippen LogP) is 2.90. The van der Waals surface area contributed by atoms with Gasteiger partial charge in [-0.1, -0.05) is 29.6 Å². The van der Waals surface area contributed by atoms with Gasteiger partial charge < -0.3 is 5.32 Å². The lowest BCUT2D eigenvalue weighted by atomic mass is 10.2. The van der Waals surface area contributed by atoms with Crippen molar-refractivity contribution in [1.82, 2.24) is 14.9 Å². The van der Waals surface area contributed by atoms with Crippen LogP contribution in [0.4, 0.5) is 4.39 Å². The summed E-state index contributed by atoms with van der Waals surface area (Å²) in [4.78, 5) is 12.5. The fraction of sp³-hybridized carbons (Fsp3) is 0.357. The van der Waals surface area contributed by atoms with E-state index in [1.807, 2.05) is 13.0 Å². The number of nitrogens with one attached hydrogen (secondary N) is 1. The SMILES string of the molecule is CCc1nnsc1C(=O)NCCSCc1ccccc1F. The molecule has 0 radical (unpaired) electrons. The molecule has 0 atom stereocenters. The van der Waals surface area contributed by atoms with E-state index < -0.39 is 0 Å². The molecule has 0 saturated carbocycles. The minimum absolute atomic E-state index is 0.131. The zero-order chi connectivity index (χ0) is 15.1. The van der Waals surface area contributed by atoms with E-state index in [0.717, 1.165) is 23.0 Å². The van der Waals surface area contributed by atoms with Crippen LogP contribution in [0.1, 0.15) is 27.9 Å². The third-order valence-corrected chi connectivity index (χ3v) is 4.62. The summed E-state index contributed by atoms with van der Waals surface area (Å²) in [5, 5.41) is 6.75. The van der Waals surface area contributed by atoms with Gasteiger partial charge in [-0.2, -0.15) is 11.8 Å². The zero-order valence-corrected chi connectivity index (χ0v) is 13.3. The Bertz CT molecular complexity index is 603. The summed E-state index contributed by atoms with van der Waals surface area (Å²) in [5.41, 5.74) is 1.42. The summed E-state index contributed by atoms with van der Waals surface area (Å²) in [6, 6.07) is 6.74. The Balaban J connectivity index is 1.70. The molecule has 0 fully saturated rings. The minimum Gasteiger partial charge on any atom is -0.350 e.